The molecule has 2 aliphatic rings. The zero-order valence-corrected chi connectivity index (χ0v) is 30.8. The quantitative estimate of drug-likeness (QED) is 0.0622. The first-order valence-corrected chi connectivity index (χ1v) is 20.9. The van der Waals surface area contributed by atoms with Gasteiger partial charge in [0.25, 0.3) is 0 Å². The van der Waals surface area contributed by atoms with Crippen LogP contribution in [-0.2, 0) is 13.6 Å². The van der Waals surface area contributed by atoms with Gasteiger partial charge in [-0.3, -0.25) is 9.05 Å². The van der Waals surface area contributed by atoms with Crippen LogP contribution in [0.25, 0.3) is 11.2 Å². The molecule has 2 aliphatic carbocycles. The number of hydrogen-bond acceptors (Lipinski definition) is 9. The molecule has 5 rings (SSSR count). The number of unbranched alkanes of at least 4 members (excludes halogenated alkanes) is 15. The number of phosphoric acid groups is 1. The number of rotatable bonds is 26. The third-order valence-corrected chi connectivity index (χ3v) is 11.3. The lowest BCUT2D eigenvalue weighted by Crippen LogP contribution is -2.12. The molecule has 2 fully saturated rings. The van der Waals surface area contributed by atoms with Crippen molar-refractivity contribution in [3.05, 3.63) is 36.7 Å². The fourth-order valence-electron chi connectivity index (χ4n) is 6.90. The Kier molecular flexibility index (Phi) is 15.5. The van der Waals surface area contributed by atoms with E-state index in [0.717, 1.165) is 56.1 Å². The minimum atomic E-state index is -3.79. The van der Waals surface area contributed by atoms with E-state index in [4.69, 9.17) is 19.3 Å². The number of fused-ring (bicyclic) bond motifs is 1. The zero-order chi connectivity index (χ0) is 34.2. The molecule has 0 aliphatic heterocycles. The van der Waals surface area contributed by atoms with Gasteiger partial charge in [-0.25, -0.2) is 9.55 Å². The Hall–Kier alpha value is -2.68. The number of aromatic nitrogens is 4. The van der Waals surface area contributed by atoms with E-state index in [1.54, 1.807) is 12.1 Å². The van der Waals surface area contributed by atoms with Gasteiger partial charge in [0.05, 0.1) is 19.5 Å². The summed E-state index contributed by atoms with van der Waals surface area (Å²) in [7, 11) is -3.79. The van der Waals surface area contributed by atoms with Crippen LogP contribution in [0.2, 0.25) is 0 Å². The van der Waals surface area contributed by atoms with Crippen molar-refractivity contribution in [1.82, 2.24) is 19.5 Å². The molecule has 2 heterocycles. The standard InChI is InChI=1S/C38H61N6O4P/c1-2-3-4-5-6-7-8-9-10-11-12-13-14-15-16-20-27-46-49(45,48-34-21-18-17-19-22-34)47-29-31-23-26-33(28-31)44-30-40-35-36(41-32-24-25-32)42-38(39)43-37(35)44/h17-19,21-22,30-33H,2-16,20,23-29H2,1H3,(H3,39,41,42,43). The summed E-state index contributed by atoms with van der Waals surface area (Å²) in [5.74, 6) is 1.65. The Balaban J connectivity index is 0.993. The molecule has 11 heteroatoms. The summed E-state index contributed by atoms with van der Waals surface area (Å²) in [5.41, 5.74) is 7.58. The maximum atomic E-state index is 13.8. The molecule has 2 aromatic heterocycles. The number of phosphoric ester groups is 1. The van der Waals surface area contributed by atoms with E-state index in [0.29, 0.717) is 30.8 Å². The van der Waals surface area contributed by atoms with Crippen molar-refractivity contribution >= 4 is 30.8 Å². The number of hydrogen-bond donors (Lipinski definition) is 2. The second-order valence-electron chi connectivity index (χ2n) is 14.3. The minimum absolute atomic E-state index is 0.196. The Morgan fingerprint density at radius 1 is 0.816 bits per heavy atom. The van der Waals surface area contributed by atoms with Gasteiger partial charge in [0, 0.05) is 12.1 Å². The summed E-state index contributed by atoms with van der Waals surface area (Å²) in [6, 6.07) is 9.81. The molecular weight excluding hydrogens is 635 g/mol. The molecule has 2 saturated carbocycles. The van der Waals surface area contributed by atoms with Gasteiger partial charge in [0.15, 0.2) is 17.0 Å². The normalized spacial score (nSPS) is 19.0. The number of nitrogens with two attached hydrogens (primary N) is 1. The summed E-state index contributed by atoms with van der Waals surface area (Å²) < 4.78 is 33.7. The molecule has 272 valence electrons. The number of anilines is 2. The molecule has 0 saturated heterocycles. The summed E-state index contributed by atoms with van der Waals surface area (Å²) in [4.78, 5) is 13.6. The van der Waals surface area contributed by atoms with E-state index in [1.165, 1.54) is 89.9 Å². The Morgan fingerprint density at radius 3 is 2.08 bits per heavy atom. The van der Waals surface area contributed by atoms with Gasteiger partial charge in [-0.05, 0) is 56.6 Å². The Labute approximate surface area is 294 Å². The van der Waals surface area contributed by atoms with E-state index in [2.05, 4.69) is 31.8 Å². The smallest absolute Gasteiger partial charge is 0.404 e. The number of benzene rings is 1. The van der Waals surface area contributed by atoms with Crippen LogP contribution < -0.4 is 15.6 Å². The molecule has 3 unspecified atom stereocenters. The van der Waals surface area contributed by atoms with E-state index in [9.17, 15) is 4.57 Å². The van der Waals surface area contributed by atoms with Gasteiger partial charge in [-0.1, -0.05) is 121 Å². The lowest BCUT2D eigenvalue weighted by Gasteiger charge is -2.20. The van der Waals surface area contributed by atoms with Crippen molar-refractivity contribution in [2.45, 2.75) is 154 Å². The molecule has 0 amide bonds. The lowest BCUT2D eigenvalue weighted by atomic mass is 10.0. The fourth-order valence-corrected chi connectivity index (χ4v) is 8.20. The number of para-hydroxylation sites is 1. The predicted molar refractivity (Wildman–Crippen MR) is 199 cm³/mol. The molecule has 49 heavy (non-hydrogen) atoms. The van der Waals surface area contributed by atoms with Gasteiger partial charge < -0.3 is 20.1 Å². The third kappa shape index (κ3) is 12.9. The van der Waals surface area contributed by atoms with Crippen molar-refractivity contribution < 1.29 is 18.1 Å². The van der Waals surface area contributed by atoms with Crippen LogP contribution in [0.3, 0.4) is 0 Å². The highest BCUT2D eigenvalue weighted by molar-refractivity contribution is 7.48. The second kappa shape index (κ2) is 20.2. The number of imidazole rings is 1. The van der Waals surface area contributed by atoms with Crippen LogP contribution in [0, 0.1) is 5.92 Å². The molecule has 0 bridgehead atoms. The maximum absolute atomic E-state index is 13.8. The SMILES string of the molecule is CCCCCCCCCCCCCCCCCCOP(=O)(OCC1CCC(n2cnc3c(NC4CC4)nc(N)nc32)C1)Oc1ccccc1. The van der Waals surface area contributed by atoms with E-state index in [-0.39, 0.29) is 17.9 Å². The summed E-state index contributed by atoms with van der Waals surface area (Å²) in [6.45, 7) is 2.94. The van der Waals surface area contributed by atoms with Crippen LogP contribution in [0.15, 0.2) is 36.7 Å². The van der Waals surface area contributed by atoms with Crippen LogP contribution >= 0.6 is 7.82 Å². The first kappa shape index (κ1) is 37.6. The third-order valence-electron chi connectivity index (χ3n) is 9.94. The average Bonchev–Trinajstić information content (AvgIpc) is 3.61. The lowest BCUT2D eigenvalue weighted by molar-refractivity contribution is 0.134. The number of nitrogens with one attached hydrogen (secondary N) is 1. The molecule has 3 aromatic rings. The molecule has 3 atom stereocenters. The molecule has 0 spiro atoms. The van der Waals surface area contributed by atoms with Crippen LogP contribution in [0.5, 0.6) is 5.75 Å². The van der Waals surface area contributed by atoms with Gasteiger partial charge in [0.1, 0.15) is 5.75 Å². The van der Waals surface area contributed by atoms with Crippen LogP contribution in [0.4, 0.5) is 11.8 Å². The fraction of sp³-hybridized carbons (Fsp3) is 0.711. The molecule has 3 N–H and O–H groups in total. The molecule has 1 aromatic carbocycles. The molecule has 0 radical (unpaired) electrons. The number of nitrogen functional groups attached to an aromatic ring is 1. The highest BCUT2D eigenvalue weighted by Crippen LogP contribution is 2.51. The van der Waals surface area contributed by atoms with Crippen molar-refractivity contribution in [2.75, 3.05) is 24.3 Å². The van der Waals surface area contributed by atoms with E-state index < -0.39 is 7.82 Å². The number of nitrogens with zero attached hydrogens (tertiary/aromatic N) is 4. The second-order valence-corrected chi connectivity index (χ2v) is 15.9. The summed E-state index contributed by atoms with van der Waals surface area (Å²) in [5, 5.41) is 3.43. The van der Waals surface area contributed by atoms with Gasteiger partial charge in [0.2, 0.25) is 5.95 Å². The predicted octanol–water partition coefficient (Wildman–Crippen LogP) is 10.8. The van der Waals surface area contributed by atoms with E-state index in [1.807, 2.05) is 24.5 Å². The van der Waals surface area contributed by atoms with Crippen molar-refractivity contribution in [3.63, 3.8) is 0 Å². The Morgan fingerprint density at radius 2 is 1.45 bits per heavy atom. The van der Waals surface area contributed by atoms with Crippen LogP contribution in [0.1, 0.15) is 148 Å². The summed E-state index contributed by atoms with van der Waals surface area (Å²) in [6.07, 6.45) is 27.7. The first-order valence-electron chi connectivity index (χ1n) is 19.4. The molecular formula is C38H61N6O4P. The van der Waals surface area contributed by atoms with E-state index >= 15 is 0 Å². The average molecular weight is 697 g/mol. The van der Waals surface area contributed by atoms with Gasteiger partial charge in [-0.15, -0.1) is 0 Å². The van der Waals surface area contributed by atoms with Gasteiger partial charge in [-0.2, -0.15) is 9.97 Å². The van der Waals surface area contributed by atoms with Crippen molar-refractivity contribution in [1.29, 1.82) is 0 Å². The largest absolute Gasteiger partial charge is 0.530 e. The van der Waals surface area contributed by atoms with Crippen LogP contribution in [-0.4, -0.2) is 38.8 Å². The molecule has 10 nitrogen and oxygen atoms in total. The van der Waals surface area contributed by atoms with Crippen molar-refractivity contribution in [3.8, 4) is 5.75 Å². The Bertz CT molecular complexity index is 1420. The van der Waals surface area contributed by atoms with Gasteiger partial charge >= 0.3 is 7.82 Å². The van der Waals surface area contributed by atoms with Crippen molar-refractivity contribution in [2.24, 2.45) is 5.92 Å². The summed E-state index contributed by atoms with van der Waals surface area (Å²) >= 11 is 0. The monoisotopic (exact) mass is 696 g/mol. The first-order chi connectivity index (χ1) is 24.0. The maximum Gasteiger partial charge on any atom is 0.530 e. The minimum Gasteiger partial charge on any atom is -0.404 e. The highest BCUT2D eigenvalue weighted by Gasteiger charge is 2.34. The highest BCUT2D eigenvalue weighted by atomic mass is 31.2. The zero-order valence-electron chi connectivity index (χ0n) is 29.9. The topological polar surface area (TPSA) is 126 Å².